The van der Waals surface area contributed by atoms with Crippen LogP contribution in [0.5, 0.6) is 0 Å². The highest BCUT2D eigenvalue weighted by molar-refractivity contribution is 6.30. The molecule has 0 N–H and O–H groups in total. The highest BCUT2D eigenvalue weighted by atomic mass is 35.5. The molecule has 1 heterocycles. The fraction of sp³-hybridized carbons (Fsp3) is 0.0588. The van der Waals surface area contributed by atoms with Crippen molar-refractivity contribution in [3.8, 4) is 0 Å². The van der Waals surface area contributed by atoms with E-state index in [9.17, 15) is 9.59 Å². The number of furan rings is 1. The van der Waals surface area contributed by atoms with Gasteiger partial charge in [0.2, 0.25) is 5.78 Å². The molecule has 0 aliphatic heterocycles. The molecule has 4 heteroatoms. The van der Waals surface area contributed by atoms with E-state index in [1.165, 1.54) is 0 Å². The molecule has 0 radical (unpaired) electrons. The number of rotatable bonds is 3. The lowest BCUT2D eigenvalue weighted by atomic mass is 10.1. The third-order valence-corrected chi connectivity index (χ3v) is 3.54. The molecule has 0 spiro atoms. The molecular weight excluding hydrogens is 288 g/mol. The summed E-state index contributed by atoms with van der Waals surface area (Å²) >= 11 is 5.81. The summed E-state index contributed by atoms with van der Waals surface area (Å²) in [4.78, 5) is 23.3. The molecular formula is C17H11ClO3. The van der Waals surface area contributed by atoms with Gasteiger partial charge >= 0.3 is 0 Å². The maximum atomic E-state index is 12.4. The van der Waals surface area contributed by atoms with Crippen molar-refractivity contribution in [2.75, 3.05) is 0 Å². The fourth-order valence-corrected chi connectivity index (χ4v) is 2.41. The standard InChI is InChI=1S/C17H11ClO3/c1-10-6-11(9-19)7-13-8-15(21-17(10)13)16(20)12-2-4-14(18)5-3-12/h2-9H,1H3. The Kier molecular flexibility index (Phi) is 3.35. The quantitative estimate of drug-likeness (QED) is 0.530. The molecule has 0 aliphatic rings. The number of hydrogen-bond donors (Lipinski definition) is 0. The van der Waals surface area contributed by atoms with Crippen LogP contribution >= 0.6 is 11.6 Å². The van der Waals surface area contributed by atoms with Gasteiger partial charge in [0.15, 0.2) is 5.76 Å². The molecule has 1 aromatic heterocycles. The number of benzene rings is 2. The van der Waals surface area contributed by atoms with Crippen molar-refractivity contribution in [3.05, 3.63) is 69.9 Å². The molecule has 0 aliphatic carbocycles. The van der Waals surface area contributed by atoms with Crippen molar-refractivity contribution in [3.63, 3.8) is 0 Å². The Morgan fingerprint density at radius 1 is 1.14 bits per heavy atom. The van der Waals surface area contributed by atoms with E-state index in [1.54, 1.807) is 42.5 Å². The van der Waals surface area contributed by atoms with Crippen LogP contribution in [-0.4, -0.2) is 12.1 Å². The Labute approximate surface area is 126 Å². The average molecular weight is 299 g/mol. The van der Waals surface area contributed by atoms with E-state index in [4.69, 9.17) is 16.0 Å². The van der Waals surface area contributed by atoms with E-state index >= 15 is 0 Å². The second-order valence-corrected chi connectivity index (χ2v) is 5.26. The molecule has 0 bridgehead atoms. The average Bonchev–Trinajstić information content (AvgIpc) is 2.91. The number of ketones is 1. The summed E-state index contributed by atoms with van der Waals surface area (Å²) in [5, 5.41) is 1.32. The Bertz CT molecular complexity index is 844. The summed E-state index contributed by atoms with van der Waals surface area (Å²) in [7, 11) is 0. The molecule has 3 rings (SSSR count). The van der Waals surface area contributed by atoms with Crippen LogP contribution in [0.15, 0.2) is 46.9 Å². The number of carbonyl (C=O) groups excluding carboxylic acids is 2. The van der Waals surface area contributed by atoms with Crippen LogP contribution in [0.2, 0.25) is 5.02 Å². The van der Waals surface area contributed by atoms with E-state index < -0.39 is 0 Å². The second-order valence-electron chi connectivity index (χ2n) is 4.82. The normalized spacial score (nSPS) is 10.8. The van der Waals surface area contributed by atoms with Gasteiger partial charge in [-0.25, -0.2) is 0 Å². The van der Waals surface area contributed by atoms with E-state index in [2.05, 4.69) is 0 Å². The zero-order valence-corrected chi connectivity index (χ0v) is 12.0. The van der Waals surface area contributed by atoms with Crippen molar-refractivity contribution in [2.24, 2.45) is 0 Å². The van der Waals surface area contributed by atoms with Crippen molar-refractivity contribution in [1.82, 2.24) is 0 Å². The van der Waals surface area contributed by atoms with Gasteiger partial charge in [-0.1, -0.05) is 11.6 Å². The summed E-state index contributed by atoms with van der Waals surface area (Å²) in [6.45, 7) is 1.84. The third-order valence-electron chi connectivity index (χ3n) is 3.29. The van der Waals surface area contributed by atoms with Crippen LogP contribution < -0.4 is 0 Å². The van der Waals surface area contributed by atoms with Crippen molar-refractivity contribution in [1.29, 1.82) is 0 Å². The Balaban J connectivity index is 2.08. The highest BCUT2D eigenvalue weighted by Crippen LogP contribution is 2.26. The summed E-state index contributed by atoms with van der Waals surface area (Å²) in [5.74, 6) is 0.0355. The Morgan fingerprint density at radius 2 is 1.86 bits per heavy atom. The first-order valence-corrected chi connectivity index (χ1v) is 6.76. The van der Waals surface area contributed by atoms with Crippen LogP contribution in [0, 0.1) is 6.92 Å². The molecule has 2 aromatic carbocycles. The SMILES string of the molecule is Cc1cc(C=O)cc2cc(C(=O)c3ccc(Cl)cc3)oc12. The summed E-state index contributed by atoms with van der Waals surface area (Å²) in [6, 6.07) is 11.7. The molecule has 0 saturated carbocycles. The van der Waals surface area contributed by atoms with Crippen molar-refractivity contribution >= 4 is 34.6 Å². The number of carbonyl (C=O) groups is 2. The molecule has 0 saturated heterocycles. The molecule has 0 fully saturated rings. The van der Waals surface area contributed by atoms with Crippen LogP contribution in [0.4, 0.5) is 0 Å². The predicted octanol–water partition coefficient (Wildman–Crippen LogP) is 4.44. The zero-order chi connectivity index (χ0) is 15.0. The van der Waals surface area contributed by atoms with Gasteiger partial charge in [-0.3, -0.25) is 9.59 Å². The predicted molar refractivity (Wildman–Crippen MR) is 81.2 cm³/mol. The number of hydrogen-bond acceptors (Lipinski definition) is 3. The van der Waals surface area contributed by atoms with Crippen molar-refractivity contribution < 1.29 is 14.0 Å². The van der Waals surface area contributed by atoms with E-state index in [0.717, 1.165) is 17.2 Å². The zero-order valence-electron chi connectivity index (χ0n) is 11.2. The van der Waals surface area contributed by atoms with E-state index in [1.807, 2.05) is 6.92 Å². The summed E-state index contributed by atoms with van der Waals surface area (Å²) in [5.41, 5.74) is 2.51. The van der Waals surface area contributed by atoms with Gasteiger partial charge in [-0.05, 0) is 55.0 Å². The van der Waals surface area contributed by atoms with Gasteiger partial charge in [-0.2, -0.15) is 0 Å². The largest absolute Gasteiger partial charge is 0.452 e. The maximum absolute atomic E-state index is 12.4. The first-order valence-electron chi connectivity index (χ1n) is 6.38. The molecule has 0 amide bonds. The maximum Gasteiger partial charge on any atom is 0.228 e. The highest BCUT2D eigenvalue weighted by Gasteiger charge is 2.16. The van der Waals surface area contributed by atoms with Gasteiger partial charge in [0.05, 0.1) is 0 Å². The minimum absolute atomic E-state index is 0.213. The lowest BCUT2D eigenvalue weighted by molar-refractivity contribution is 0.101. The minimum atomic E-state index is -0.213. The number of halogens is 1. The van der Waals surface area contributed by atoms with Gasteiger partial charge in [-0.15, -0.1) is 0 Å². The summed E-state index contributed by atoms with van der Waals surface area (Å²) < 4.78 is 5.65. The molecule has 3 nitrogen and oxygen atoms in total. The molecule has 0 atom stereocenters. The van der Waals surface area contributed by atoms with Crippen LogP contribution in [0.3, 0.4) is 0 Å². The topological polar surface area (TPSA) is 47.3 Å². The molecule has 0 unspecified atom stereocenters. The smallest absolute Gasteiger partial charge is 0.228 e. The van der Waals surface area contributed by atoms with Gasteiger partial charge in [0.25, 0.3) is 0 Å². The summed E-state index contributed by atoms with van der Waals surface area (Å²) in [6.07, 6.45) is 0.778. The molecule has 3 aromatic rings. The van der Waals surface area contributed by atoms with Gasteiger partial charge < -0.3 is 4.42 Å². The van der Waals surface area contributed by atoms with Crippen molar-refractivity contribution in [2.45, 2.75) is 6.92 Å². The minimum Gasteiger partial charge on any atom is -0.452 e. The Hall–Kier alpha value is -2.39. The second kappa shape index (κ2) is 5.19. The first kappa shape index (κ1) is 13.6. The lowest BCUT2D eigenvalue weighted by Gasteiger charge is -1.98. The van der Waals surface area contributed by atoms with Crippen LogP contribution in [0.1, 0.15) is 32.0 Å². The fourth-order valence-electron chi connectivity index (χ4n) is 2.28. The number of aryl methyl sites for hydroxylation is 1. The third kappa shape index (κ3) is 2.48. The lowest BCUT2D eigenvalue weighted by Crippen LogP contribution is -1.98. The first-order chi connectivity index (χ1) is 10.1. The number of fused-ring (bicyclic) bond motifs is 1. The van der Waals surface area contributed by atoms with Crippen LogP contribution in [-0.2, 0) is 0 Å². The van der Waals surface area contributed by atoms with E-state index in [-0.39, 0.29) is 11.5 Å². The van der Waals surface area contributed by atoms with Gasteiger partial charge in [0, 0.05) is 21.5 Å². The monoisotopic (exact) mass is 298 g/mol. The van der Waals surface area contributed by atoms with Gasteiger partial charge in [0.1, 0.15) is 11.9 Å². The Morgan fingerprint density at radius 3 is 2.52 bits per heavy atom. The molecule has 21 heavy (non-hydrogen) atoms. The number of aldehydes is 1. The molecule has 104 valence electrons. The van der Waals surface area contributed by atoms with E-state index in [0.29, 0.717) is 21.7 Å². The van der Waals surface area contributed by atoms with Crippen LogP contribution in [0.25, 0.3) is 11.0 Å².